The number of non-ortho nitro benzene ring substituents is 1. The molecule has 2 N–H and O–H groups in total. The molecule has 29 heavy (non-hydrogen) atoms. The van der Waals surface area contributed by atoms with Crippen LogP contribution in [0.5, 0.6) is 0 Å². The molecule has 9 heteroatoms. The van der Waals surface area contributed by atoms with Gasteiger partial charge in [-0.2, -0.15) is 0 Å². The van der Waals surface area contributed by atoms with E-state index in [4.69, 9.17) is 17.0 Å². The van der Waals surface area contributed by atoms with Gasteiger partial charge in [-0.15, -0.1) is 0 Å². The van der Waals surface area contributed by atoms with Gasteiger partial charge in [0.25, 0.3) is 5.69 Å². The smallest absolute Gasteiger partial charge is 0.270 e. The van der Waals surface area contributed by atoms with Gasteiger partial charge < -0.3 is 15.0 Å². The van der Waals surface area contributed by atoms with Crippen molar-refractivity contribution in [2.45, 2.75) is 0 Å². The lowest BCUT2D eigenvalue weighted by Gasteiger charge is -2.30. The molecule has 0 aliphatic carbocycles. The Morgan fingerprint density at radius 3 is 2.69 bits per heavy atom. The molecular weight excluding hydrogens is 392 g/mol. The van der Waals surface area contributed by atoms with Gasteiger partial charge in [0.05, 0.1) is 29.5 Å². The fraction of sp³-hybridized carbons (Fsp3) is 0.200. The van der Waals surface area contributed by atoms with Gasteiger partial charge in [-0.3, -0.25) is 20.2 Å². The molecule has 0 bridgehead atoms. The summed E-state index contributed by atoms with van der Waals surface area (Å²) in [6, 6.07) is 13.7. The third-order valence-electron chi connectivity index (χ3n) is 4.25. The minimum atomic E-state index is -0.484. The zero-order valence-electron chi connectivity index (χ0n) is 15.5. The number of morpholine rings is 1. The fourth-order valence-electron chi connectivity index (χ4n) is 2.88. The van der Waals surface area contributed by atoms with Crippen molar-refractivity contribution in [1.82, 2.24) is 5.32 Å². The van der Waals surface area contributed by atoms with E-state index < -0.39 is 10.8 Å². The Morgan fingerprint density at radius 2 is 1.93 bits per heavy atom. The number of hydrogen-bond donors (Lipinski definition) is 2. The number of carbonyl (C=O) groups is 1. The summed E-state index contributed by atoms with van der Waals surface area (Å²) in [6.07, 6.45) is 2.77. The van der Waals surface area contributed by atoms with Crippen molar-refractivity contribution >= 4 is 46.4 Å². The number of rotatable bonds is 5. The fourth-order valence-corrected chi connectivity index (χ4v) is 3.09. The first-order valence-electron chi connectivity index (χ1n) is 8.99. The van der Waals surface area contributed by atoms with E-state index in [0.29, 0.717) is 18.8 Å². The maximum absolute atomic E-state index is 12.1. The van der Waals surface area contributed by atoms with Crippen molar-refractivity contribution < 1.29 is 14.5 Å². The van der Waals surface area contributed by atoms with Gasteiger partial charge in [-0.05, 0) is 36.0 Å². The summed E-state index contributed by atoms with van der Waals surface area (Å²) in [6.45, 7) is 2.89. The second-order valence-corrected chi connectivity index (χ2v) is 6.65. The highest BCUT2D eigenvalue weighted by Gasteiger charge is 2.15. The molecule has 150 valence electrons. The normalized spacial score (nSPS) is 13.9. The molecule has 8 nitrogen and oxygen atoms in total. The van der Waals surface area contributed by atoms with Crippen molar-refractivity contribution in [2.75, 3.05) is 36.5 Å². The SMILES string of the molecule is O=C(C=Cc1cccc([N+](=O)[O-])c1)NC(=S)Nc1ccccc1N1CCOCC1. The first-order chi connectivity index (χ1) is 14.0. The summed E-state index contributed by atoms with van der Waals surface area (Å²) in [5.74, 6) is -0.433. The number of nitrogens with one attached hydrogen (secondary N) is 2. The highest BCUT2D eigenvalue weighted by atomic mass is 32.1. The van der Waals surface area contributed by atoms with Crippen molar-refractivity contribution in [3.05, 3.63) is 70.3 Å². The van der Waals surface area contributed by atoms with Gasteiger partial charge >= 0.3 is 0 Å². The minimum absolute atomic E-state index is 0.0375. The molecule has 2 aromatic carbocycles. The minimum Gasteiger partial charge on any atom is -0.378 e. The van der Waals surface area contributed by atoms with Crippen molar-refractivity contribution in [1.29, 1.82) is 0 Å². The van der Waals surface area contributed by atoms with Crippen LogP contribution in [0.2, 0.25) is 0 Å². The number of para-hydroxylation sites is 2. The maximum Gasteiger partial charge on any atom is 0.270 e. The van der Waals surface area contributed by atoms with Crippen LogP contribution in [0.3, 0.4) is 0 Å². The zero-order valence-corrected chi connectivity index (χ0v) is 16.4. The van der Waals surface area contributed by atoms with Gasteiger partial charge in [-0.25, -0.2) is 0 Å². The average Bonchev–Trinajstić information content (AvgIpc) is 2.73. The van der Waals surface area contributed by atoms with E-state index in [9.17, 15) is 14.9 Å². The third-order valence-corrected chi connectivity index (χ3v) is 4.45. The van der Waals surface area contributed by atoms with E-state index in [2.05, 4.69) is 15.5 Å². The Balaban J connectivity index is 1.60. The van der Waals surface area contributed by atoms with E-state index in [1.54, 1.807) is 12.1 Å². The van der Waals surface area contributed by atoms with Gasteiger partial charge in [0, 0.05) is 31.3 Å². The van der Waals surface area contributed by atoms with Crippen LogP contribution in [-0.2, 0) is 9.53 Å². The summed E-state index contributed by atoms with van der Waals surface area (Å²) in [5, 5.41) is 16.6. The second-order valence-electron chi connectivity index (χ2n) is 6.25. The maximum atomic E-state index is 12.1. The molecule has 0 saturated carbocycles. The number of nitrogens with zero attached hydrogens (tertiary/aromatic N) is 2. The van der Waals surface area contributed by atoms with Crippen LogP contribution in [0.1, 0.15) is 5.56 Å². The van der Waals surface area contributed by atoms with E-state index in [1.807, 2.05) is 24.3 Å². The molecule has 0 spiro atoms. The van der Waals surface area contributed by atoms with Crippen molar-refractivity contribution in [3.63, 3.8) is 0 Å². The number of anilines is 2. The number of benzene rings is 2. The Hall–Kier alpha value is -3.30. The van der Waals surface area contributed by atoms with E-state index in [0.717, 1.165) is 24.5 Å². The number of nitro benzene ring substituents is 1. The van der Waals surface area contributed by atoms with Gasteiger partial charge in [0.1, 0.15) is 0 Å². The predicted octanol–water partition coefficient (Wildman–Crippen LogP) is 2.96. The molecule has 1 aliphatic rings. The first kappa shape index (κ1) is 20.4. The number of carbonyl (C=O) groups excluding carboxylic acids is 1. The molecule has 1 fully saturated rings. The van der Waals surface area contributed by atoms with Crippen LogP contribution in [0.25, 0.3) is 6.08 Å². The number of amides is 1. The largest absolute Gasteiger partial charge is 0.378 e. The summed E-state index contributed by atoms with van der Waals surface area (Å²) in [5.41, 5.74) is 2.29. The van der Waals surface area contributed by atoms with Crippen LogP contribution in [0.15, 0.2) is 54.6 Å². The molecule has 1 amide bonds. The summed E-state index contributed by atoms with van der Waals surface area (Å²) < 4.78 is 5.39. The third kappa shape index (κ3) is 5.84. The monoisotopic (exact) mass is 412 g/mol. The van der Waals surface area contributed by atoms with Crippen molar-refractivity contribution in [3.8, 4) is 0 Å². The Bertz CT molecular complexity index is 942. The molecule has 1 heterocycles. The topological polar surface area (TPSA) is 96.7 Å². The lowest BCUT2D eigenvalue weighted by Crippen LogP contribution is -2.37. The van der Waals surface area contributed by atoms with Gasteiger partial charge in [0.2, 0.25) is 5.91 Å². The van der Waals surface area contributed by atoms with E-state index in [1.165, 1.54) is 24.3 Å². The molecule has 0 aromatic heterocycles. The van der Waals surface area contributed by atoms with Crippen LogP contribution < -0.4 is 15.5 Å². The van der Waals surface area contributed by atoms with E-state index in [-0.39, 0.29) is 10.8 Å². The number of hydrogen-bond acceptors (Lipinski definition) is 6. The van der Waals surface area contributed by atoms with Crippen LogP contribution in [0.4, 0.5) is 17.1 Å². The lowest BCUT2D eigenvalue weighted by molar-refractivity contribution is -0.384. The van der Waals surface area contributed by atoms with Gasteiger partial charge in [-0.1, -0.05) is 24.3 Å². The number of thiocarbonyl (C=S) groups is 1. The molecule has 1 saturated heterocycles. The quantitative estimate of drug-likeness (QED) is 0.337. The summed E-state index contributed by atoms with van der Waals surface area (Å²) in [7, 11) is 0. The van der Waals surface area contributed by atoms with Crippen LogP contribution >= 0.6 is 12.2 Å². The molecule has 0 atom stereocenters. The molecule has 3 rings (SSSR count). The molecule has 1 aliphatic heterocycles. The Labute approximate surface area is 173 Å². The zero-order chi connectivity index (χ0) is 20.6. The number of nitro groups is 1. The first-order valence-corrected chi connectivity index (χ1v) is 9.40. The van der Waals surface area contributed by atoms with Crippen LogP contribution in [-0.4, -0.2) is 42.2 Å². The summed E-state index contributed by atoms with van der Waals surface area (Å²) >= 11 is 5.25. The van der Waals surface area contributed by atoms with Crippen molar-refractivity contribution in [2.24, 2.45) is 0 Å². The van der Waals surface area contributed by atoms with Gasteiger partial charge in [0.15, 0.2) is 5.11 Å². The van der Waals surface area contributed by atoms with Crippen LogP contribution in [0, 0.1) is 10.1 Å². The average molecular weight is 412 g/mol. The molecular formula is C20H20N4O4S. The van der Waals surface area contributed by atoms with E-state index >= 15 is 0 Å². The summed E-state index contributed by atoms with van der Waals surface area (Å²) in [4.78, 5) is 24.7. The second kappa shape index (κ2) is 9.76. The Kier molecular flexibility index (Phi) is 6.88. The molecule has 2 aromatic rings. The Morgan fingerprint density at radius 1 is 1.17 bits per heavy atom. The molecule has 0 radical (unpaired) electrons. The standard InChI is InChI=1S/C20H20N4O4S/c25-19(9-8-15-4-3-5-16(14-15)24(26)27)22-20(29)21-17-6-1-2-7-18(17)23-10-12-28-13-11-23/h1-9,14H,10-13H2,(H2,21,22,25,29). The highest BCUT2D eigenvalue weighted by molar-refractivity contribution is 7.80. The lowest BCUT2D eigenvalue weighted by atomic mass is 10.2. The highest BCUT2D eigenvalue weighted by Crippen LogP contribution is 2.26. The predicted molar refractivity (Wildman–Crippen MR) is 116 cm³/mol. The molecule has 0 unspecified atom stereocenters. The number of ether oxygens (including phenoxy) is 1.